The molecule has 0 unspecified atom stereocenters. The maximum atomic E-state index is 5.10. The van der Waals surface area contributed by atoms with E-state index >= 15 is 0 Å². The maximum absolute atomic E-state index is 5.10. The molecule has 50 heavy (non-hydrogen) atoms. The van der Waals surface area contributed by atoms with Crippen LogP contribution in [0.15, 0.2) is 164 Å². The third-order valence-corrected chi connectivity index (χ3v) is 11.7. The second-order valence-corrected chi connectivity index (χ2v) is 14.5. The van der Waals surface area contributed by atoms with E-state index in [1.165, 1.54) is 62.6 Å². The summed E-state index contributed by atoms with van der Waals surface area (Å²) in [4.78, 5) is 15.1. The van der Waals surface area contributed by atoms with Gasteiger partial charge in [-0.05, 0) is 41.0 Å². The van der Waals surface area contributed by atoms with Crippen LogP contribution in [0.1, 0.15) is 0 Å². The standard InChI is InChI=1S/C45H27N3S2/c1-4-14-28(15-5-1)31-26-37(40-35-20-10-11-25-38(35)49-39(40)27-31)34-23-12-21-32-33-22-13-24-36(42(33)50-41(32)34)45-47-43(29-16-6-2-7-17-29)46-44(48-45)30-18-8-3-9-19-30/h1-27H. The van der Waals surface area contributed by atoms with Gasteiger partial charge in [-0.25, -0.2) is 15.0 Å². The first-order valence-corrected chi connectivity index (χ1v) is 18.2. The molecular weight excluding hydrogens is 647 g/mol. The van der Waals surface area contributed by atoms with Gasteiger partial charge in [0, 0.05) is 62.6 Å². The number of benzene rings is 7. The van der Waals surface area contributed by atoms with Crippen LogP contribution in [-0.4, -0.2) is 15.0 Å². The zero-order chi connectivity index (χ0) is 33.0. The Kier molecular flexibility index (Phi) is 6.86. The van der Waals surface area contributed by atoms with E-state index < -0.39 is 0 Å². The SMILES string of the molecule is c1ccc(-c2cc(-c3cccc4c3sc3c(-c5nc(-c6ccccc6)nc(-c6ccccc6)n5)cccc34)c3c(c2)sc2ccccc23)cc1. The third-order valence-electron chi connectivity index (χ3n) is 9.34. The second-order valence-electron chi connectivity index (χ2n) is 12.4. The molecule has 0 amide bonds. The van der Waals surface area contributed by atoms with Crippen molar-refractivity contribution in [2.75, 3.05) is 0 Å². The minimum absolute atomic E-state index is 0.665. The molecule has 3 heterocycles. The number of fused-ring (bicyclic) bond motifs is 6. The van der Waals surface area contributed by atoms with Crippen molar-refractivity contribution in [1.82, 2.24) is 15.0 Å². The van der Waals surface area contributed by atoms with Gasteiger partial charge in [-0.2, -0.15) is 0 Å². The number of aromatic nitrogens is 3. The highest BCUT2D eigenvalue weighted by molar-refractivity contribution is 7.27. The van der Waals surface area contributed by atoms with Crippen LogP contribution in [0.3, 0.4) is 0 Å². The van der Waals surface area contributed by atoms with Gasteiger partial charge in [0.25, 0.3) is 0 Å². The summed E-state index contributed by atoms with van der Waals surface area (Å²) in [6, 6.07) is 57.8. The molecule has 0 radical (unpaired) electrons. The van der Waals surface area contributed by atoms with Crippen LogP contribution >= 0.6 is 22.7 Å². The van der Waals surface area contributed by atoms with Crippen molar-refractivity contribution < 1.29 is 0 Å². The van der Waals surface area contributed by atoms with E-state index in [9.17, 15) is 0 Å². The lowest BCUT2D eigenvalue weighted by atomic mass is 9.93. The zero-order valence-electron chi connectivity index (χ0n) is 26.7. The predicted octanol–water partition coefficient (Wildman–Crippen LogP) is 12.9. The van der Waals surface area contributed by atoms with Crippen LogP contribution in [-0.2, 0) is 0 Å². The topological polar surface area (TPSA) is 38.7 Å². The van der Waals surface area contributed by atoms with Gasteiger partial charge in [-0.15, -0.1) is 22.7 Å². The van der Waals surface area contributed by atoms with E-state index in [1.54, 1.807) is 0 Å². The zero-order valence-corrected chi connectivity index (χ0v) is 28.4. The molecule has 0 saturated carbocycles. The molecule has 0 spiro atoms. The Morgan fingerprint density at radius 1 is 0.320 bits per heavy atom. The molecule has 0 aliphatic heterocycles. The van der Waals surface area contributed by atoms with Crippen molar-refractivity contribution >= 4 is 63.0 Å². The van der Waals surface area contributed by atoms with Crippen molar-refractivity contribution in [3.05, 3.63) is 164 Å². The highest BCUT2D eigenvalue weighted by atomic mass is 32.1. The summed E-state index contributed by atoms with van der Waals surface area (Å²) in [7, 11) is 0. The van der Waals surface area contributed by atoms with E-state index in [0.717, 1.165) is 16.7 Å². The summed E-state index contributed by atoms with van der Waals surface area (Å²) in [6.07, 6.45) is 0. The molecule has 0 fully saturated rings. The largest absolute Gasteiger partial charge is 0.208 e. The van der Waals surface area contributed by atoms with Gasteiger partial charge in [0.1, 0.15) is 0 Å². The van der Waals surface area contributed by atoms with Gasteiger partial charge in [0.15, 0.2) is 17.5 Å². The molecule has 3 nitrogen and oxygen atoms in total. The molecular formula is C45H27N3S2. The van der Waals surface area contributed by atoms with Crippen molar-refractivity contribution in [2.45, 2.75) is 0 Å². The lowest BCUT2D eigenvalue weighted by Crippen LogP contribution is -2.00. The normalized spacial score (nSPS) is 11.6. The number of hydrogen-bond donors (Lipinski definition) is 0. The molecule has 234 valence electrons. The minimum Gasteiger partial charge on any atom is -0.208 e. The van der Waals surface area contributed by atoms with Crippen LogP contribution in [0, 0.1) is 0 Å². The summed E-state index contributed by atoms with van der Waals surface area (Å²) in [5.74, 6) is 2.00. The maximum Gasteiger partial charge on any atom is 0.165 e. The van der Waals surface area contributed by atoms with Crippen molar-refractivity contribution in [3.63, 3.8) is 0 Å². The van der Waals surface area contributed by atoms with Gasteiger partial charge in [-0.1, -0.05) is 140 Å². The Morgan fingerprint density at radius 2 is 0.840 bits per heavy atom. The summed E-state index contributed by atoms with van der Waals surface area (Å²) in [6.45, 7) is 0. The molecule has 0 saturated heterocycles. The first kappa shape index (κ1) is 29.0. The molecule has 10 rings (SSSR count). The highest BCUT2D eigenvalue weighted by Crippen LogP contribution is 2.48. The molecule has 10 aromatic rings. The van der Waals surface area contributed by atoms with E-state index in [2.05, 4.69) is 127 Å². The van der Waals surface area contributed by atoms with Crippen LogP contribution < -0.4 is 0 Å². The fourth-order valence-corrected chi connectivity index (χ4v) is 9.51. The number of nitrogens with zero attached hydrogens (tertiary/aromatic N) is 3. The van der Waals surface area contributed by atoms with Crippen LogP contribution in [0.4, 0.5) is 0 Å². The van der Waals surface area contributed by atoms with Gasteiger partial charge in [-0.3, -0.25) is 0 Å². The molecule has 5 heteroatoms. The Hall–Kier alpha value is -6.01. The second kappa shape index (κ2) is 11.8. The quantitative estimate of drug-likeness (QED) is 0.182. The predicted molar refractivity (Wildman–Crippen MR) is 213 cm³/mol. The highest BCUT2D eigenvalue weighted by Gasteiger charge is 2.20. The van der Waals surface area contributed by atoms with Gasteiger partial charge in [0.2, 0.25) is 0 Å². The van der Waals surface area contributed by atoms with E-state index in [-0.39, 0.29) is 0 Å². The van der Waals surface area contributed by atoms with Crippen molar-refractivity contribution in [3.8, 4) is 56.4 Å². The fourth-order valence-electron chi connectivity index (χ4n) is 7.00. The minimum atomic E-state index is 0.665. The lowest BCUT2D eigenvalue weighted by Gasteiger charge is -2.10. The summed E-state index contributed by atoms with van der Waals surface area (Å²) < 4.78 is 5.04. The molecule has 0 bridgehead atoms. The van der Waals surface area contributed by atoms with E-state index in [1.807, 2.05) is 59.1 Å². The monoisotopic (exact) mass is 673 g/mol. The van der Waals surface area contributed by atoms with E-state index in [0.29, 0.717) is 17.5 Å². The molecule has 0 atom stereocenters. The van der Waals surface area contributed by atoms with Gasteiger partial charge >= 0.3 is 0 Å². The summed E-state index contributed by atoms with van der Waals surface area (Å²) >= 11 is 3.70. The Labute approximate surface area is 296 Å². The van der Waals surface area contributed by atoms with Crippen LogP contribution in [0.5, 0.6) is 0 Å². The van der Waals surface area contributed by atoms with Crippen molar-refractivity contribution in [2.24, 2.45) is 0 Å². The fraction of sp³-hybridized carbons (Fsp3) is 0. The smallest absolute Gasteiger partial charge is 0.165 e. The molecule has 0 aliphatic carbocycles. The molecule has 0 aliphatic rings. The third kappa shape index (κ3) is 4.82. The van der Waals surface area contributed by atoms with E-state index in [4.69, 9.17) is 15.0 Å². The average Bonchev–Trinajstić information content (AvgIpc) is 3.77. The number of thiophene rings is 2. The number of rotatable bonds is 5. The summed E-state index contributed by atoms with van der Waals surface area (Å²) in [5.41, 5.74) is 7.88. The van der Waals surface area contributed by atoms with Crippen molar-refractivity contribution in [1.29, 1.82) is 0 Å². The van der Waals surface area contributed by atoms with Crippen LogP contribution in [0.2, 0.25) is 0 Å². The first-order chi connectivity index (χ1) is 24.8. The Bertz CT molecular complexity index is 2800. The lowest BCUT2D eigenvalue weighted by molar-refractivity contribution is 1.08. The molecule has 7 aromatic carbocycles. The average molecular weight is 674 g/mol. The van der Waals surface area contributed by atoms with Gasteiger partial charge < -0.3 is 0 Å². The van der Waals surface area contributed by atoms with Crippen LogP contribution in [0.25, 0.3) is 96.8 Å². The molecule has 0 N–H and O–H groups in total. The Morgan fingerprint density at radius 3 is 1.50 bits per heavy atom. The Balaban J connectivity index is 1.23. The molecule has 3 aromatic heterocycles. The first-order valence-electron chi connectivity index (χ1n) is 16.6. The number of hydrogen-bond acceptors (Lipinski definition) is 5. The van der Waals surface area contributed by atoms with Gasteiger partial charge in [0.05, 0.1) is 0 Å². The summed E-state index contributed by atoms with van der Waals surface area (Å²) in [5, 5.41) is 5.06.